The lowest BCUT2D eigenvalue weighted by Crippen LogP contribution is -2.23. The van der Waals surface area contributed by atoms with E-state index in [0.29, 0.717) is 33.8 Å². The third kappa shape index (κ3) is 4.12. The Kier molecular flexibility index (Phi) is 5.47. The third-order valence-corrected chi connectivity index (χ3v) is 3.95. The number of aromatic nitrogens is 3. The average Bonchev–Trinajstić information content (AvgIpc) is 3.09. The zero-order chi connectivity index (χ0) is 19.4. The number of halogens is 2. The summed E-state index contributed by atoms with van der Waals surface area (Å²) in [7, 11) is 0. The van der Waals surface area contributed by atoms with Gasteiger partial charge in [0.05, 0.1) is 21.8 Å². The molecule has 0 bridgehead atoms. The van der Waals surface area contributed by atoms with Gasteiger partial charge in [0.15, 0.2) is 5.65 Å². The lowest BCUT2D eigenvalue weighted by atomic mass is 10.2. The summed E-state index contributed by atoms with van der Waals surface area (Å²) in [4.78, 5) is 24.4. The Bertz CT molecular complexity index is 1070. The summed E-state index contributed by atoms with van der Waals surface area (Å²) < 4.78 is 13.1. The van der Waals surface area contributed by atoms with Gasteiger partial charge < -0.3 is 10.3 Å². The molecule has 0 fully saturated rings. The van der Waals surface area contributed by atoms with Crippen LogP contribution < -0.4 is 5.32 Å². The lowest BCUT2D eigenvalue weighted by molar-refractivity contribution is 0.0968. The van der Waals surface area contributed by atoms with Crippen molar-refractivity contribution >= 4 is 28.7 Å². The highest BCUT2D eigenvalue weighted by Crippen LogP contribution is 2.22. The van der Waals surface area contributed by atoms with Gasteiger partial charge in [-0.2, -0.15) is 0 Å². The number of hydrogen-bond acceptors (Lipinski definition) is 3. The molecule has 7 heteroatoms. The van der Waals surface area contributed by atoms with Gasteiger partial charge in [0.1, 0.15) is 11.6 Å². The first-order valence-corrected chi connectivity index (χ1v) is 8.47. The number of carbonyl (C=O) groups excluding carboxylic acids is 1. The van der Waals surface area contributed by atoms with Crippen molar-refractivity contribution in [1.82, 2.24) is 20.3 Å². The molecular formula is C20H16ClFN4O. The van der Waals surface area contributed by atoms with Crippen molar-refractivity contribution in [3.05, 3.63) is 83.4 Å². The van der Waals surface area contributed by atoms with E-state index >= 15 is 0 Å². The van der Waals surface area contributed by atoms with Gasteiger partial charge in [-0.1, -0.05) is 30.3 Å². The monoisotopic (exact) mass is 382 g/mol. The van der Waals surface area contributed by atoms with E-state index in [9.17, 15) is 9.18 Å². The Morgan fingerprint density at radius 2 is 2.04 bits per heavy atom. The number of rotatable bonds is 5. The third-order valence-electron chi connectivity index (χ3n) is 3.75. The first-order chi connectivity index (χ1) is 13.0. The van der Waals surface area contributed by atoms with E-state index in [-0.39, 0.29) is 16.8 Å². The normalized spacial score (nSPS) is 11.9. The van der Waals surface area contributed by atoms with Crippen molar-refractivity contribution in [2.75, 3.05) is 0 Å². The number of allylic oxidation sites excluding steroid dienone is 4. The molecule has 27 heavy (non-hydrogen) atoms. The number of amides is 1. The maximum Gasteiger partial charge on any atom is 0.258 e. The van der Waals surface area contributed by atoms with Crippen LogP contribution in [-0.2, 0) is 0 Å². The molecule has 0 saturated carbocycles. The van der Waals surface area contributed by atoms with E-state index in [1.807, 2.05) is 6.92 Å². The molecule has 3 aromatic rings. The summed E-state index contributed by atoms with van der Waals surface area (Å²) in [5, 5.41) is 2.94. The van der Waals surface area contributed by atoms with Crippen LogP contribution in [0.25, 0.3) is 22.6 Å². The Labute approximate surface area is 160 Å². The van der Waals surface area contributed by atoms with Crippen LogP contribution in [0.1, 0.15) is 17.3 Å². The van der Waals surface area contributed by atoms with Gasteiger partial charge in [-0.3, -0.25) is 4.79 Å². The first kappa shape index (κ1) is 18.5. The standard InChI is InChI=1S/C20H16ClFN4O/c1-3-4-5-16(12(2)21)24-20(27)15-10-11-23-19-17(15)25-18(26-19)13-6-8-14(22)9-7-13/h3-11H,2H2,1H3,(H,24,27)(H,23,25,26)/b4-3-,16-5+. The van der Waals surface area contributed by atoms with Crippen molar-refractivity contribution in [3.8, 4) is 11.4 Å². The summed E-state index contributed by atoms with van der Waals surface area (Å²) >= 11 is 5.95. The minimum atomic E-state index is -0.380. The first-order valence-electron chi connectivity index (χ1n) is 8.09. The predicted octanol–water partition coefficient (Wildman–Crippen LogP) is 4.71. The number of carbonyl (C=O) groups is 1. The van der Waals surface area contributed by atoms with E-state index in [1.165, 1.54) is 18.3 Å². The fraction of sp³-hybridized carbons (Fsp3) is 0.0500. The molecule has 0 spiro atoms. The minimum absolute atomic E-state index is 0.211. The van der Waals surface area contributed by atoms with Gasteiger partial charge in [0.25, 0.3) is 5.91 Å². The molecule has 2 N–H and O–H groups in total. The van der Waals surface area contributed by atoms with Crippen molar-refractivity contribution < 1.29 is 9.18 Å². The Balaban J connectivity index is 1.98. The van der Waals surface area contributed by atoms with E-state index in [0.717, 1.165) is 0 Å². The number of nitrogens with one attached hydrogen (secondary N) is 2. The van der Waals surface area contributed by atoms with Crippen LogP contribution in [0.2, 0.25) is 0 Å². The van der Waals surface area contributed by atoms with Crippen molar-refractivity contribution in [1.29, 1.82) is 0 Å². The molecule has 0 unspecified atom stereocenters. The van der Waals surface area contributed by atoms with Crippen LogP contribution in [0.15, 0.2) is 72.1 Å². The Morgan fingerprint density at radius 1 is 1.30 bits per heavy atom. The molecular weight excluding hydrogens is 367 g/mol. The minimum Gasteiger partial charge on any atom is -0.336 e. The second-order valence-electron chi connectivity index (χ2n) is 5.61. The second kappa shape index (κ2) is 7.97. The molecule has 5 nitrogen and oxygen atoms in total. The number of pyridine rings is 1. The van der Waals surface area contributed by atoms with Gasteiger partial charge in [-0.25, -0.2) is 14.4 Å². The summed E-state index contributed by atoms with van der Waals surface area (Å²) in [6.45, 7) is 5.50. The van der Waals surface area contributed by atoms with E-state index in [4.69, 9.17) is 11.6 Å². The summed E-state index contributed by atoms with van der Waals surface area (Å²) in [5.41, 5.74) is 2.28. The molecule has 1 aromatic carbocycles. The molecule has 2 heterocycles. The van der Waals surface area contributed by atoms with Gasteiger partial charge in [0.2, 0.25) is 0 Å². The smallest absolute Gasteiger partial charge is 0.258 e. The highest BCUT2D eigenvalue weighted by molar-refractivity contribution is 6.31. The highest BCUT2D eigenvalue weighted by atomic mass is 35.5. The maximum absolute atomic E-state index is 13.1. The average molecular weight is 383 g/mol. The van der Waals surface area contributed by atoms with Crippen LogP contribution in [0.4, 0.5) is 4.39 Å². The SMILES string of the molecule is C=C(Cl)/C(=C\C=C/C)NC(=O)c1ccnc2nc(-c3ccc(F)cc3)[nH]c12. The van der Waals surface area contributed by atoms with E-state index in [2.05, 4.69) is 26.8 Å². The van der Waals surface area contributed by atoms with Crippen LogP contribution >= 0.6 is 11.6 Å². The summed E-state index contributed by atoms with van der Waals surface area (Å²) in [6, 6.07) is 7.46. The van der Waals surface area contributed by atoms with Crippen molar-refractivity contribution in [2.45, 2.75) is 6.92 Å². The molecule has 0 atom stereocenters. The molecule has 1 amide bonds. The highest BCUT2D eigenvalue weighted by Gasteiger charge is 2.16. The number of H-pyrrole nitrogens is 1. The lowest BCUT2D eigenvalue weighted by Gasteiger charge is -2.08. The number of imidazole rings is 1. The molecule has 136 valence electrons. The second-order valence-corrected chi connectivity index (χ2v) is 6.07. The number of fused-ring (bicyclic) bond motifs is 1. The van der Waals surface area contributed by atoms with E-state index < -0.39 is 0 Å². The fourth-order valence-electron chi connectivity index (χ4n) is 2.43. The van der Waals surface area contributed by atoms with Gasteiger partial charge in [-0.05, 0) is 43.3 Å². The molecule has 3 rings (SSSR count). The Morgan fingerprint density at radius 3 is 2.70 bits per heavy atom. The maximum atomic E-state index is 13.1. The quantitative estimate of drug-likeness (QED) is 0.628. The molecule has 0 aliphatic rings. The molecule has 0 aliphatic carbocycles. The van der Waals surface area contributed by atoms with Gasteiger partial charge >= 0.3 is 0 Å². The van der Waals surface area contributed by atoms with Crippen molar-refractivity contribution in [2.24, 2.45) is 0 Å². The zero-order valence-electron chi connectivity index (χ0n) is 14.5. The van der Waals surface area contributed by atoms with Crippen molar-refractivity contribution in [3.63, 3.8) is 0 Å². The number of benzene rings is 1. The molecule has 2 aromatic heterocycles. The zero-order valence-corrected chi connectivity index (χ0v) is 15.2. The number of nitrogens with zero attached hydrogens (tertiary/aromatic N) is 2. The Hall–Kier alpha value is -3.25. The summed E-state index contributed by atoms with van der Waals surface area (Å²) in [5.74, 6) is -0.228. The number of hydrogen-bond donors (Lipinski definition) is 2. The fourth-order valence-corrected chi connectivity index (χ4v) is 2.54. The van der Waals surface area contributed by atoms with Crippen LogP contribution in [0.5, 0.6) is 0 Å². The molecule has 0 aliphatic heterocycles. The van der Waals surface area contributed by atoms with Crippen LogP contribution in [0.3, 0.4) is 0 Å². The predicted molar refractivity (Wildman–Crippen MR) is 105 cm³/mol. The summed E-state index contributed by atoms with van der Waals surface area (Å²) in [6.07, 6.45) is 6.70. The molecule has 0 saturated heterocycles. The van der Waals surface area contributed by atoms with Gasteiger partial charge in [-0.15, -0.1) is 0 Å². The molecule has 0 radical (unpaired) electrons. The van der Waals surface area contributed by atoms with Crippen LogP contribution in [0, 0.1) is 5.82 Å². The van der Waals surface area contributed by atoms with Crippen LogP contribution in [-0.4, -0.2) is 20.9 Å². The van der Waals surface area contributed by atoms with E-state index in [1.54, 1.807) is 36.4 Å². The van der Waals surface area contributed by atoms with Gasteiger partial charge in [0, 0.05) is 11.8 Å². The largest absolute Gasteiger partial charge is 0.336 e. The topological polar surface area (TPSA) is 70.7 Å². The number of aromatic amines is 1.